The predicted octanol–water partition coefficient (Wildman–Crippen LogP) is 2.19. The molecule has 2 rings (SSSR count). The maximum absolute atomic E-state index is 13.6. The Bertz CT molecular complexity index is 1090. The maximum Gasteiger partial charge on any atom is 0.246 e. The Kier molecular flexibility index (Phi) is 9.58. The van der Waals surface area contributed by atoms with Crippen LogP contribution in [0.15, 0.2) is 42.5 Å². The van der Waals surface area contributed by atoms with Gasteiger partial charge in [0, 0.05) is 13.5 Å². The Morgan fingerprint density at radius 2 is 1.67 bits per heavy atom. The zero-order valence-corrected chi connectivity index (χ0v) is 21.5. The highest BCUT2D eigenvalue weighted by molar-refractivity contribution is 5.95. The van der Waals surface area contributed by atoms with E-state index in [2.05, 4.69) is 5.32 Å². The van der Waals surface area contributed by atoms with Crippen LogP contribution in [0.1, 0.15) is 43.9 Å². The largest absolute Gasteiger partial charge is 0.508 e. The molecule has 3 atom stereocenters. The summed E-state index contributed by atoms with van der Waals surface area (Å²) in [4.78, 5) is 40.3. The second kappa shape index (κ2) is 12.0. The number of likely N-dealkylation sites (N-methyl/N-ethyl adjacent to an activating group) is 1. The fourth-order valence-electron chi connectivity index (χ4n) is 4.25. The standard InChI is InChI=1S/C27H37FN4O4/c1-16(2)15-27(4,32(5)25(35)21(29)13-18-6-9-20(28)10-7-18)26(36)31-22(24(30)34)14-19-8-11-23(33)17(3)12-19/h6-12,16,21-22,33H,13-15,29H2,1-5H3,(H2,30,34)(H,31,36)/t21-,22-,27-/m0/s1. The molecule has 0 bridgehead atoms. The third-order valence-corrected chi connectivity index (χ3v) is 6.40. The predicted molar refractivity (Wildman–Crippen MR) is 136 cm³/mol. The average molecular weight is 501 g/mol. The zero-order valence-electron chi connectivity index (χ0n) is 21.5. The van der Waals surface area contributed by atoms with Crippen LogP contribution in [0.4, 0.5) is 4.39 Å². The van der Waals surface area contributed by atoms with Crippen LogP contribution in [0.2, 0.25) is 0 Å². The monoisotopic (exact) mass is 500 g/mol. The highest BCUT2D eigenvalue weighted by Crippen LogP contribution is 2.25. The van der Waals surface area contributed by atoms with Gasteiger partial charge in [-0.25, -0.2) is 4.39 Å². The van der Waals surface area contributed by atoms with E-state index in [1.54, 1.807) is 38.1 Å². The molecule has 0 saturated carbocycles. The molecule has 8 nitrogen and oxygen atoms in total. The maximum atomic E-state index is 13.6. The quantitative estimate of drug-likeness (QED) is 0.375. The first kappa shape index (κ1) is 28.8. The van der Waals surface area contributed by atoms with Crippen LogP contribution in [-0.4, -0.2) is 52.4 Å². The van der Waals surface area contributed by atoms with Gasteiger partial charge in [0.15, 0.2) is 0 Å². The molecular weight excluding hydrogens is 463 g/mol. The van der Waals surface area contributed by atoms with Gasteiger partial charge in [0.1, 0.15) is 23.1 Å². The molecule has 196 valence electrons. The second-order valence-electron chi connectivity index (χ2n) is 9.96. The van der Waals surface area contributed by atoms with E-state index in [1.165, 1.54) is 30.1 Å². The number of primary amides is 1. The molecule has 0 spiro atoms. The van der Waals surface area contributed by atoms with Crippen LogP contribution in [0, 0.1) is 18.7 Å². The van der Waals surface area contributed by atoms with Gasteiger partial charge in [-0.1, -0.05) is 38.1 Å². The van der Waals surface area contributed by atoms with Crippen molar-refractivity contribution in [3.05, 3.63) is 65.0 Å². The number of amides is 3. The highest BCUT2D eigenvalue weighted by Gasteiger charge is 2.43. The number of benzene rings is 2. The van der Waals surface area contributed by atoms with E-state index in [0.717, 1.165) is 0 Å². The minimum absolute atomic E-state index is 0.0381. The number of phenols is 1. The minimum atomic E-state index is -1.32. The second-order valence-corrected chi connectivity index (χ2v) is 9.96. The normalized spacial score (nSPS) is 14.6. The van der Waals surface area contributed by atoms with Crippen molar-refractivity contribution in [2.75, 3.05) is 7.05 Å². The molecule has 2 aromatic rings. The fourth-order valence-corrected chi connectivity index (χ4v) is 4.25. The number of carbonyl (C=O) groups is 3. The summed E-state index contributed by atoms with van der Waals surface area (Å²) < 4.78 is 13.2. The molecule has 36 heavy (non-hydrogen) atoms. The molecule has 3 amide bonds. The van der Waals surface area contributed by atoms with Crippen LogP contribution in [-0.2, 0) is 27.2 Å². The van der Waals surface area contributed by atoms with Crippen molar-refractivity contribution in [3.8, 4) is 5.75 Å². The lowest BCUT2D eigenvalue weighted by Crippen LogP contribution is -2.63. The van der Waals surface area contributed by atoms with Crippen molar-refractivity contribution in [2.45, 2.75) is 64.6 Å². The summed E-state index contributed by atoms with van der Waals surface area (Å²) in [5.74, 6) is -1.93. The first-order valence-corrected chi connectivity index (χ1v) is 11.9. The average Bonchev–Trinajstić information content (AvgIpc) is 2.80. The summed E-state index contributed by atoms with van der Waals surface area (Å²) in [6.45, 7) is 7.21. The molecule has 9 heteroatoms. The summed E-state index contributed by atoms with van der Waals surface area (Å²) in [5.41, 5.74) is 12.5. The molecule has 0 aromatic heterocycles. The minimum Gasteiger partial charge on any atom is -0.508 e. The first-order valence-electron chi connectivity index (χ1n) is 11.9. The first-order chi connectivity index (χ1) is 16.7. The van der Waals surface area contributed by atoms with Crippen LogP contribution < -0.4 is 16.8 Å². The summed E-state index contributed by atoms with van der Waals surface area (Å²) >= 11 is 0. The van der Waals surface area contributed by atoms with Crippen LogP contribution >= 0.6 is 0 Å². The number of phenolic OH excluding ortho intramolecular Hbond substituents is 1. The van der Waals surface area contributed by atoms with Gasteiger partial charge in [-0.05, 0) is 67.5 Å². The van der Waals surface area contributed by atoms with Gasteiger partial charge in [0.25, 0.3) is 0 Å². The van der Waals surface area contributed by atoms with E-state index < -0.39 is 35.3 Å². The topological polar surface area (TPSA) is 139 Å². The van der Waals surface area contributed by atoms with Crippen LogP contribution in [0.5, 0.6) is 5.75 Å². The van der Waals surface area contributed by atoms with Crippen molar-refractivity contribution < 1.29 is 23.9 Å². The van der Waals surface area contributed by atoms with E-state index >= 15 is 0 Å². The van der Waals surface area contributed by atoms with E-state index in [1.807, 2.05) is 13.8 Å². The summed E-state index contributed by atoms with van der Waals surface area (Å²) in [7, 11) is 1.51. The van der Waals surface area contributed by atoms with Crippen molar-refractivity contribution in [3.63, 3.8) is 0 Å². The number of halogens is 1. The smallest absolute Gasteiger partial charge is 0.246 e. The Hall–Kier alpha value is -3.46. The lowest BCUT2D eigenvalue weighted by molar-refractivity contribution is -0.147. The van der Waals surface area contributed by atoms with Gasteiger partial charge in [-0.2, -0.15) is 0 Å². The Morgan fingerprint density at radius 3 is 2.19 bits per heavy atom. The molecule has 2 aromatic carbocycles. The number of aryl methyl sites for hydroxylation is 1. The van der Waals surface area contributed by atoms with Gasteiger partial charge in [-0.15, -0.1) is 0 Å². The van der Waals surface area contributed by atoms with E-state index in [0.29, 0.717) is 23.1 Å². The number of nitrogens with zero attached hydrogens (tertiary/aromatic N) is 1. The molecule has 0 aliphatic heterocycles. The SMILES string of the molecule is Cc1cc(C[C@H](NC(=O)[C@](C)(CC(C)C)N(C)C(=O)[C@@H](N)Cc2ccc(F)cc2)C(N)=O)ccc1O. The molecule has 0 heterocycles. The number of aromatic hydroxyl groups is 1. The molecule has 0 aliphatic carbocycles. The highest BCUT2D eigenvalue weighted by atomic mass is 19.1. The van der Waals surface area contributed by atoms with E-state index in [9.17, 15) is 23.9 Å². The van der Waals surface area contributed by atoms with Gasteiger partial charge in [-0.3, -0.25) is 14.4 Å². The number of hydrogen-bond acceptors (Lipinski definition) is 5. The van der Waals surface area contributed by atoms with Gasteiger partial charge in [0.2, 0.25) is 17.7 Å². The Labute approximate surface area is 211 Å². The molecule has 6 N–H and O–H groups in total. The number of rotatable bonds is 11. The Balaban J connectivity index is 2.24. The van der Waals surface area contributed by atoms with Crippen LogP contribution in [0.25, 0.3) is 0 Å². The third kappa shape index (κ3) is 7.27. The lowest BCUT2D eigenvalue weighted by Gasteiger charge is -2.40. The molecule has 0 fully saturated rings. The molecule has 0 aliphatic rings. The summed E-state index contributed by atoms with van der Waals surface area (Å²) in [6, 6.07) is 8.63. The third-order valence-electron chi connectivity index (χ3n) is 6.40. The number of nitrogens with two attached hydrogens (primary N) is 2. The van der Waals surface area contributed by atoms with Crippen LogP contribution in [0.3, 0.4) is 0 Å². The molecular formula is C27H37FN4O4. The summed E-state index contributed by atoms with van der Waals surface area (Å²) in [5, 5.41) is 12.5. The number of carbonyl (C=O) groups excluding carboxylic acids is 3. The van der Waals surface area contributed by atoms with Crippen molar-refractivity contribution in [1.29, 1.82) is 0 Å². The van der Waals surface area contributed by atoms with Crippen molar-refractivity contribution in [2.24, 2.45) is 17.4 Å². The zero-order chi connectivity index (χ0) is 27.2. The van der Waals surface area contributed by atoms with Gasteiger partial charge in [0.05, 0.1) is 6.04 Å². The summed E-state index contributed by atoms with van der Waals surface area (Å²) in [6.07, 6.45) is 0.614. The molecule has 0 radical (unpaired) electrons. The van der Waals surface area contributed by atoms with Crippen molar-refractivity contribution >= 4 is 17.7 Å². The van der Waals surface area contributed by atoms with Crippen molar-refractivity contribution in [1.82, 2.24) is 10.2 Å². The Morgan fingerprint density at radius 1 is 1.08 bits per heavy atom. The number of nitrogens with one attached hydrogen (secondary N) is 1. The van der Waals surface area contributed by atoms with Gasteiger partial charge >= 0.3 is 0 Å². The van der Waals surface area contributed by atoms with Gasteiger partial charge < -0.3 is 26.8 Å². The van der Waals surface area contributed by atoms with E-state index in [4.69, 9.17) is 11.5 Å². The fraction of sp³-hybridized carbons (Fsp3) is 0.444. The molecule has 0 unspecified atom stereocenters. The number of hydrogen-bond donors (Lipinski definition) is 4. The molecule has 0 saturated heterocycles. The van der Waals surface area contributed by atoms with E-state index in [-0.39, 0.29) is 30.3 Å². The lowest BCUT2D eigenvalue weighted by atomic mass is 9.87.